The van der Waals surface area contributed by atoms with E-state index in [4.69, 9.17) is 9.72 Å². The van der Waals surface area contributed by atoms with E-state index in [2.05, 4.69) is 32.6 Å². The van der Waals surface area contributed by atoms with Crippen molar-refractivity contribution in [2.45, 2.75) is 26.2 Å². The van der Waals surface area contributed by atoms with Crippen LogP contribution < -0.4 is 30.3 Å². The van der Waals surface area contributed by atoms with Crippen LogP contribution in [0.2, 0.25) is 0 Å². The van der Waals surface area contributed by atoms with E-state index in [-0.39, 0.29) is 17.3 Å². The molecule has 44 heavy (non-hydrogen) atoms. The van der Waals surface area contributed by atoms with Gasteiger partial charge >= 0.3 is 190 Å². The minimum atomic E-state index is -0.218. The third kappa shape index (κ3) is 6.54. The van der Waals surface area contributed by atoms with E-state index in [1.807, 2.05) is 55.5 Å². The molecule has 2 aliphatic rings. The second-order valence-corrected chi connectivity index (χ2v) is 12.7. The van der Waals surface area contributed by atoms with Crippen molar-refractivity contribution in [2.24, 2.45) is 7.05 Å². The number of rotatable bonds is 7. The van der Waals surface area contributed by atoms with Crippen LogP contribution in [-0.2, 0) is 11.8 Å². The molecule has 3 heterocycles. The average Bonchev–Trinajstić information content (AvgIpc) is 3.05. The zero-order valence-corrected chi connectivity index (χ0v) is 27.7. The summed E-state index contributed by atoms with van der Waals surface area (Å²) in [6, 6.07) is 19.7. The second-order valence-electron chi connectivity index (χ2n) is 11.4. The number of carbonyl (C=O) groups is 1. The van der Waals surface area contributed by atoms with Gasteiger partial charge in [0.15, 0.2) is 0 Å². The van der Waals surface area contributed by atoms with Gasteiger partial charge in [0.2, 0.25) is 0 Å². The van der Waals surface area contributed by atoms with E-state index in [1.54, 1.807) is 13.2 Å². The third-order valence-corrected chi connectivity index (χ3v) is 9.39. The van der Waals surface area contributed by atoms with Gasteiger partial charge in [0, 0.05) is 24.3 Å². The Balaban J connectivity index is 1.21. The van der Waals surface area contributed by atoms with Crippen molar-refractivity contribution in [3.63, 3.8) is 0 Å². The zero-order chi connectivity index (χ0) is 30.6. The summed E-state index contributed by atoms with van der Waals surface area (Å²) in [5.41, 5.74) is 6.61. The molecule has 1 amide bonds. The van der Waals surface area contributed by atoms with Crippen LogP contribution in [0.5, 0.6) is 0 Å². The molecule has 1 aromatic heterocycles. The molecular weight excluding hydrogens is 615 g/mol. The molecule has 9 nitrogen and oxygen atoms in total. The van der Waals surface area contributed by atoms with Crippen LogP contribution in [0.1, 0.15) is 35.2 Å². The average molecular weight is 655 g/mol. The fourth-order valence-corrected chi connectivity index (χ4v) is 6.86. The van der Waals surface area contributed by atoms with Gasteiger partial charge < -0.3 is 4.90 Å². The SMILES string of the molecule is Cc1c(NC(=O)c2ccc(N3CCCCC3)cc2)cccc1-c1cn(C)c(=O)c(Nc2ccc(N3CCOCC3)c([AsH2])c2)n1. The van der Waals surface area contributed by atoms with Crippen molar-refractivity contribution >= 4 is 55.7 Å². The number of carbonyl (C=O) groups excluding carboxylic acids is 1. The predicted molar refractivity (Wildman–Crippen MR) is 181 cm³/mol. The number of piperidine rings is 1. The molecule has 2 N–H and O–H groups in total. The number of benzene rings is 3. The quantitative estimate of drug-likeness (QED) is 0.293. The number of hydrogen-bond acceptors (Lipinski definition) is 7. The summed E-state index contributed by atoms with van der Waals surface area (Å²) in [7, 11) is 1.73. The van der Waals surface area contributed by atoms with Crippen LogP contribution in [-0.4, -0.2) is 71.7 Å². The van der Waals surface area contributed by atoms with Gasteiger partial charge in [-0.1, -0.05) is 0 Å². The number of nitrogens with zero attached hydrogens (tertiary/aromatic N) is 4. The molecule has 10 heteroatoms. The fourth-order valence-electron chi connectivity index (χ4n) is 5.90. The number of anilines is 5. The Morgan fingerprint density at radius 1 is 0.932 bits per heavy atom. The molecule has 228 valence electrons. The molecule has 0 radical (unpaired) electrons. The Bertz CT molecular complexity index is 1710. The second kappa shape index (κ2) is 13.3. The van der Waals surface area contributed by atoms with Crippen molar-refractivity contribution in [3.05, 3.63) is 88.3 Å². The van der Waals surface area contributed by atoms with Crippen LogP contribution in [0.25, 0.3) is 11.3 Å². The molecule has 0 bridgehead atoms. The van der Waals surface area contributed by atoms with Gasteiger partial charge in [-0.25, -0.2) is 0 Å². The molecule has 6 rings (SSSR count). The number of hydrogen-bond donors (Lipinski definition) is 2. The van der Waals surface area contributed by atoms with E-state index in [0.717, 1.165) is 61.9 Å². The molecule has 2 saturated heterocycles. The van der Waals surface area contributed by atoms with Crippen molar-refractivity contribution in [1.29, 1.82) is 0 Å². The maximum atomic E-state index is 13.2. The van der Waals surface area contributed by atoms with Gasteiger partial charge in [0.25, 0.3) is 0 Å². The molecule has 1 unspecified atom stereocenters. The van der Waals surface area contributed by atoms with Crippen molar-refractivity contribution in [1.82, 2.24) is 9.55 Å². The number of morpholine rings is 1. The van der Waals surface area contributed by atoms with Crippen LogP contribution in [0.15, 0.2) is 71.7 Å². The van der Waals surface area contributed by atoms with Gasteiger partial charge in [-0.05, 0) is 43.5 Å². The summed E-state index contributed by atoms with van der Waals surface area (Å²) in [6.45, 7) is 7.30. The normalized spacial score (nSPS) is 15.2. The molecule has 3 aromatic carbocycles. The molecular formula is C34H39AsN6O3. The van der Waals surface area contributed by atoms with Crippen molar-refractivity contribution < 1.29 is 9.53 Å². The molecule has 2 aliphatic heterocycles. The van der Waals surface area contributed by atoms with Crippen molar-refractivity contribution in [2.75, 3.05) is 59.8 Å². The summed E-state index contributed by atoms with van der Waals surface area (Å²) in [5.74, 6) is 0.0855. The summed E-state index contributed by atoms with van der Waals surface area (Å²) >= 11 is 1.53. The molecule has 0 spiro atoms. The maximum absolute atomic E-state index is 13.2. The van der Waals surface area contributed by atoms with Crippen LogP contribution in [0.4, 0.5) is 28.6 Å². The fraction of sp³-hybridized carbons (Fsp3) is 0.324. The Morgan fingerprint density at radius 3 is 2.41 bits per heavy atom. The Kier molecular flexibility index (Phi) is 9.05. The molecule has 0 saturated carbocycles. The van der Waals surface area contributed by atoms with Gasteiger partial charge in [0.05, 0.1) is 0 Å². The zero-order valence-electron chi connectivity index (χ0n) is 25.3. The Hall–Kier alpha value is -4.07. The van der Waals surface area contributed by atoms with E-state index in [9.17, 15) is 9.59 Å². The molecule has 4 aromatic rings. The first-order valence-corrected chi connectivity index (χ1v) is 16.4. The predicted octanol–water partition coefficient (Wildman–Crippen LogP) is 3.84. The Morgan fingerprint density at radius 2 is 1.68 bits per heavy atom. The summed E-state index contributed by atoms with van der Waals surface area (Å²) < 4.78 is 8.22. The topological polar surface area (TPSA) is 91.7 Å². The van der Waals surface area contributed by atoms with E-state index in [1.165, 1.54) is 50.7 Å². The number of aromatic nitrogens is 2. The standard InChI is InChI=1S/C34H39AsN6O3/c1-23-27(7-6-8-29(23)38-33(42)24-9-12-26(13-10-24)40-15-4-3-5-16-40)30-22-39(2)34(43)32(37-30)36-25-11-14-31(28(35)21-25)41-17-19-44-20-18-41/h6-14,21-22H,3-5,15-20,35H2,1-2H3,(H,36,37)(H,38,42). The van der Waals surface area contributed by atoms with E-state index < -0.39 is 0 Å². The number of amides is 1. The third-order valence-electron chi connectivity index (χ3n) is 8.42. The first-order valence-electron chi connectivity index (χ1n) is 15.2. The number of ether oxygens (including phenoxy) is 1. The van der Waals surface area contributed by atoms with Crippen LogP contribution in [0, 0.1) is 6.92 Å². The summed E-state index contributed by atoms with van der Waals surface area (Å²) in [5, 5.41) is 6.34. The number of aryl methyl sites for hydroxylation is 1. The minimum absolute atomic E-state index is 0.163. The summed E-state index contributed by atoms with van der Waals surface area (Å²) in [6.07, 6.45) is 5.44. The summed E-state index contributed by atoms with van der Waals surface area (Å²) in [4.78, 5) is 35.8. The van der Waals surface area contributed by atoms with E-state index >= 15 is 0 Å². The van der Waals surface area contributed by atoms with Gasteiger partial charge in [0.1, 0.15) is 0 Å². The number of nitrogens with one attached hydrogen (secondary N) is 2. The Labute approximate surface area is 266 Å². The first kappa shape index (κ1) is 30.0. The molecule has 0 aliphatic carbocycles. The van der Waals surface area contributed by atoms with Crippen molar-refractivity contribution in [3.8, 4) is 11.3 Å². The van der Waals surface area contributed by atoms with Crippen LogP contribution >= 0.6 is 0 Å². The molecule has 1 atom stereocenters. The monoisotopic (exact) mass is 654 g/mol. The van der Waals surface area contributed by atoms with Gasteiger partial charge in [-0.2, -0.15) is 0 Å². The van der Waals surface area contributed by atoms with E-state index in [0.29, 0.717) is 16.9 Å². The van der Waals surface area contributed by atoms with Gasteiger partial charge in [-0.3, -0.25) is 4.79 Å². The van der Waals surface area contributed by atoms with Gasteiger partial charge in [-0.15, -0.1) is 0 Å². The first-order chi connectivity index (χ1) is 21.4. The molecule has 2 fully saturated rings. The van der Waals surface area contributed by atoms with Crippen LogP contribution in [0.3, 0.4) is 0 Å².